The number of nitrogens with zero attached hydrogens (tertiary/aromatic N) is 3. The van der Waals surface area contributed by atoms with Gasteiger partial charge in [-0.25, -0.2) is 4.39 Å². The highest BCUT2D eigenvalue weighted by molar-refractivity contribution is 5.61. The number of rotatable bonds is 2. The number of hydrogen-bond donors (Lipinski definition) is 1. The fourth-order valence-electron chi connectivity index (χ4n) is 2.51. The summed E-state index contributed by atoms with van der Waals surface area (Å²) in [4.78, 5) is 12.6. The molecule has 2 aromatic heterocycles. The minimum absolute atomic E-state index is 0.335. The van der Waals surface area contributed by atoms with Crippen molar-refractivity contribution in [3.63, 3.8) is 0 Å². The zero-order valence-corrected chi connectivity index (χ0v) is 10.5. The summed E-state index contributed by atoms with van der Waals surface area (Å²) in [7, 11) is 0. The van der Waals surface area contributed by atoms with Crippen LogP contribution in [0.3, 0.4) is 0 Å². The van der Waals surface area contributed by atoms with Crippen molar-refractivity contribution in [1.82, 2.24) is 20.3 Å². The summed E-state index contributed by atoms with van der Waals surface area (Å²) in [5, 5.41) is 3.33. The third-order valence-corrected chi connectivity index (χ3v) is 3.45. The van der Waals surface area contributed by atoms with Gasteiger partial charge in [-0.15, -0.1) is 0 Å². The molecule has 1 aliphatic rings. The first-order valence-corrected chi connectivity index (χ1v) is 6.47. The van der Waals surface area contributed by atoms with Gasteiger partial charge in [0.15, 0.2) is 0 Å². The molecule has 98 valence electrons. The fraction of sp³-hybridized carbons (Fsp3) is 0.357. The molecule has 1 fully saturated rings. The Balaban J connectivity index is 2.04. The Hall–Kier alpha value is -1.88. The summed E-state index contributed by atoms with van der Waals surface area (Å²) in [6.07, 6.45) is 8.21. The molecule has 1 saturated heterocycles. The summed E-state index contributed by atoms with van der Waals surface area (Å²) in [5.74, 6) is 0.0252. The van der Waals surface area contributed by atoms with E-state index in [1.54, 1.807) is 18.6 Å². The first-order valence-electron chi connectivity index (χ1n) is 6.47. The van der Waals surface area contributed by atoms with E-state index in [0.29, 0.717) is 11.6 Å². The van der Waals surface area contributed by atoms with Crippen LogP contribution >= 0.6 is 0 Å². The first kappa shape index (κ1) is 12.2. The van der Waals surface area contributed by atoms with Crippen LogP contribution in [-0.2, 0) is 0 Å². The van der Waals surface area contributed by atoms with Crippen LogP contribution < -0.4 is 5.32 Å². The number of hydrogen-bond acceptors (Lipinski definition) is 4. The van der Waals surface area contributed by atoms with Crippen molar-refractivity contribution < 1.29 is 4.39 Å². The Kier molecular flexibility index (Phi) is 3.46. The van der Waals surface area contributed by atoms with Crippen LogP contribution in [0, 0.1) is 5.82 Å². The fourth-order valence-corrected chi connectivity index (χ4v) is 2.51. The van der Waals surface area contributed by atoms with Gasteiger partial charge in [0.1, 0.15) is 5.82 Å². The van der Waals surface area contributed by atoms with Crippen molar-refractivity contribution in [2.45, 2.75) is 18.8 Å². The maximum absolute atomic E-state index is 13.5. The second kappa shape index (κ2) is 5.40. The van der Waals surface area contributed by atoms with E-state index in [9.17, 15) is 4.39 Å². The molecule has 1 aliphatic heterocycles. The first-order chi connectivity index (χ1) is 9.34. The van der Waals surface area contributed by atoms with E-state index in [-0.39, 0.29) is 5.82 Å². The third kappa shape index (κ3) is 2.61. The third-order valence-electron chi connectivity index (χ3n) is 3.45. The van der Waals surface area contributed by atoms with Crippen LogP contribution in [-0.4, -0.2) is 28.0 Å². The normalized spacial score (nSPS) is 16.5. The average molecular weight is 258 g/mol. The SMILES string of the molecule is Fc1cnc(C2CCNCC2)c(-c2cnccn2)c1. The molecule has 1 N–H and O–H groups in total. The molecule has 4 nitrogen and oxygen atoms in total. The second-order valence-electron chi connectivity index (χ2n) is 4.70. The van der Waals surface area contributed by atoms with Gasteiger partial charge >= 0.3 is 0 Å². The van der Waals surface area contributed by atoms with E-state index in [4.69, 9.17) is 0 Å². The molecular formula is C14H15FN4. The van der Waals surface area contributed by atoms with E-state index < -0.39 is 0 Å². The Labute approximate surface area is 111 Å². The largest absolute Gasteiger partial charge is 0.317 e. The molecule has 3 heterocycles. The maximum Gasteiger partial charge on any atom is 0.142 e. The van der Waals surface area contributed by atoms with Gasteiger partial charge in [-0.2, -0.15) is 0 Å². The predicted molar refractivity (Wildman–Crippen MR) is 70.1 cm³/mol. The molecule has 0 spiro atoms. The molecule has 0 radical (unpaired) electrons. The Morgan fingerprint density at radius 2 is 1.95 bits per heavy atom. The Bertz CT molecular complexity index is 553. The molecule has 0 aliphatic carbocycles. The quantitative estimate of drug-likeness (QED) is 0.896. The van der Waals surface area contributed by atoms with E-state index in [1.807, 2.05) is 0 Å². The zero-order chi connectivity index (χ0) is 13.1. The molecule has 0 bridgehead atoms. The minimum Gasteiger partial charge on any atom is -0.317 e. The lowest BCUT2D eigenvalue weighted by Gasteiger charge is -2.23. The summed E-state index contributed by atoms with van der Waals surface area (Å²) in [5.41, 5.74) is 2.38. The standard InChI is InChI=1S/C14H15FN4/c15-11-7-12(13-9-17-5-6-18-13)14(19-8-11)10-1-3-16-4-2-10/h5-10,16H,1-4H2. The van der Waals surface area contributed by atoms with E-state index in [0.717, 1.165) is 37.2 Å². The number of pyridine rings is 1. The van der Waals surface area contributed by atoms with Crippen LogP contribution in [0.1, 0.15) is 24.5 Å². The van der Waals surface area contributed by atoms with Gasteiger partial charge < -0.3 is 5.32 Å². The van der Waals surface area contributed by atoms with Gasteiger partial charge in [0.25, 0.3) is 0 Å². The van der Waals surface area contributed by atoms with Crippen molar-refractivity contribution in [2.24, 2.45) is 0 Å². The lowest BCUT2D eigenvalue weighted by Crippen LogP contribution is -2.27. The molecule has 0 unspecified atom stereocenters. The van der Waals surface area contributed by atoms with Crippen molar-refractivity contribution >= 4 is 0 Å². The number of piperidine rings is 1. The molecule has 0 amide bonds. The molecule has 0 saturated carbocycles. The predicted octanol–water partition coefficient (Wildman–Crippen LogP) is 2.14. The summed E-state index contributed by atoms with van der Waals surface area (Å²) in [6.45, 7) is 1.95. The molecule has 0 aromatic carbocycles. The van der Waals surface area contributed by atoms with Gasteiger partial charge in [-0.3, -0.25) is 15.0 Å². The second-order valence-corrected chi connectivity index (χ2v) is 4.70. The summed E-state index contributed by atoms with van der Waals surface area (Å²) in [6, 6.07) is 1.51. The zero-order valence-electron chi connectivity index (χ0n) is 10.5. The monoisotopic (exact) mass is 258 g/mol. The molecular weight excluding hydrogens is 243 g/mol. The van der Waals surface area contributed by atoms with Gasteiger partial charge in [-0.1, -0.05) is 0 Å². The molecule has 5 heteroatoms. The molecule has 0 atom stereocenters. The summed E-state index contributed by atoms with van der Waals surface area (Å²) >= 11 is 0. The smallest absolute Gasteiger partial charge is 0.142 e. The number of halogens is 1. The highest BCUT2D eigenvalue weighted by Crippen LogP contribution is 2.31. The summed E-state index contributed by atoms with van der Waals surface area (Å²) < 4.78 is 13.5. The van der Waals surface area contributed by atoms with Gasteiger partial charge in [-0.05, 0) is 32.0 Å². The highest BCUT2D eigenvalue weighted by atomic mass is 19.1. The van der Waals surface area contributed by atoms with Crippen LogP contribution in [0.4, 0.5) is 4.39 Å². The molecule has 3 rings (SSSR count). The van der Waals surface area contributed by atoms with Crippen LogP contribution in [0.15, 0.2) is 30.9 Å². The van der Waals surface area contributed by atoms with Gasteiger partial charge in [0.05, 0.1) is 23.8 Å². The van der Waals surface area contributed by atoms with Crippen molar-refractivity contribution in [1.29, 1.82) is 0 Å². The van der Waals surface area contributed by atoms with Crippen LogP contribution in [0.2, 0.25) is 0 Å². The minimum atomic E-state index is -0.335. The van der Waals surface area contributed by atoms with Crippen LogP contribution in [0.5, 0.6) is 0 Å². The van der Waals surface area contributed by atoms with Gasteiger partial charge in [0.2, 0.25) is 0 Å². The van der Waals surface area contributed by atoms with E-state index in [1.165, 1.54) is 12.3 Å². The lowest BCUT2D eigenvalue weighted by atomic mass is 9.90. The van der Waals surface area contributed by atoms with E-state index >= 15 is 0 Å². The van der Waals surface area contributed by atoms with Gasteiger partial charge in [0, 0.05) is 23.9 Å². The van der Waals surface area contributed by atoms with Crippen molar-refractivity contribution in [3.8, 4) is 11.3 Å². The number of nitrogens with one attached hydrogen (secondary N) is 1. The van der Waals surface area contributed by atoms with Crippen molar-refractivity contribution in [3.05, 3.63) is 42.4 Å². The Morgan fingerprint density at radius 1 is 1.11 bits per heavy atom. The lowest BCUT2D eigenvalue weighted by molar-refractivity contribution is 0.453. The van der Waals surface area contributed by atoms with E-state index in [2.05, 4.69) is 20.3 Å². The molecule has 19 heavy (non-hydrogen) atoms. The molecule has 2 aromatic rings. The average Bonchev–Trinajstić information content (AvgIpc) is 2.49. The van der Waals surface area contributed by atoms with Crippen molar-refractivity contribution in [2.75, 3.05) is 13.1 Å². The highest BCUT2D eigenvalue weighted by Gasteiger charge is 2.21. The maximum atomic E-state index is 13.5. The topological polar surface area (TPSA) is 50.7 Å². The van der Waals surface area contributed by atoms with Crippen LogP contribution in [0.25, 0.3) is 11.3 Å². The number of aromatic nitrogens is 3. The Morgan fingerprint density at radius 3 is 2.68 bits per heavy atom.